The maximum atomic E-state index is 12.7. The fourth-order valence-corrected chi connectivity index (χ4v) is 5.10. The lowest BCUT2D eigenvalue weighted by Gasteiger charge is -2.26. The molecule has 110 valence electrons. The number of aromatic carboxylic acids is 1. The van der Waals surface area contributed by atoms with Gasteiger partial charge in [-0.3, -0.25) is 0 Å². The van der Waals surface area contributed by atoms with Crippen molar-refractivity contribution in [1.82, 2.24) is 4.31 Å². The molecular formula is C13H16BrNO4S. The molecular weight excluding hydrogens is 346 g/mol. The highest BCUT2D eigenvalue weighted by atomic mass is 79.9. The summed E-state index contributed by atoms with van der Waals surface area (Å²) in [6, 6.07) is 3.91. The summed E-state index contributed by atoms with van der Waals surface area (Å²) in [7, 11) is -3.62. The first-order chi connectivity index (χ1) is 9.25. The number of carbonyl (C=O) groups is 1. The Kier molecular flexibility index (Phi) is 4.22. The molecule has 0 saturated heterocycles. The molecule has 0 heterocycles. The Labute approximate surface area is 126 Å². The molecule has 5 nitrogen and oxygen atoms in total. The van der Waals surface area contributed by atoms with E-state index >= 15 is 0 Å². The van der Waals surface area contributed by atoms with E-state index in [2.05, 4.69) is 15.9 Å². The average Bonchev–Trinajstić information content (AvgIpc) is 3.11. The molecule has 1 aromatic carbocycles. The van der Waals surface area contributed by atoms with Crippen LogP contribution in [-0.4, -0.2) is 35.9 Å². The van der Waals surface area contributed by atoms with Gasteiger partial charge >= 0.3 is 5.97 Å². The van der Waals surface area contributed by atoms with Gasteiger partial charge in [-0.1, -0.05) is 0 Å². The van der Waals surface area contributed by atoms with E-state index in [9.17, 15) is 13.2 Å². The molecule has 0 aromatic heterocycles. The van der Waals surface area contributed by atoms with Gasteiger partial charge in [0.15, 0.2) is 0 Å². The Bertz CT molecular complexity index is 636. The van der Waals surface area contributed by atoms with E-state index < -0.39 is 16.0 Å². The number of nitrogens with zero attached hydrogens (tertiary/aromatic N) is 1. The maximum absolute atomic E-state index is 12.7. The van der Waals surface area contributed by atoms with Gasteiger partial charge in [-0.15, -0.1) is 0 Å². The molecule has 1 aliphatic rings. The van der Waals surface area contributed by atoms with Crippen molar-refractivity contribution in [2.45, 2.75) is 43.7 Å². The molecule has 1 fully saturated rings. The van der Waals surface area contributed by atoms with Gasteiger partial charge in [0.25, 0.3) is 0 Å². The van der Waals surface area contributed by atoms with E-state index in [0.717, 1.165) is 12.8 Å². The third-order valence-corrected chi connectivity index (χ3v) is 6.26. The largest absolute Gasteiger partial charge is 0.478 e. The lowest BCUT2D eigenvalue weighted by molar-refractivity contribution is 0.0696. The fourth-order valence-electron chi connectivity index (χ4n) is 2.18. The van der Waals surface area contributed by atoms with Crippen LogP contribution in [-0.2, 0) is 10.0 Å². The second-order valence-corrected chi connectivity index (χ2v) is 7.78. The normalized spacial score (nSPS) is 15.8. The van der Waals surface area contributed by atoms with Crippen LogP contribution < -0.4 is 0 Å². The third kappa shape index (κ3) is 2.89. The Morgan fingerprint density at radius 3 is 2.40 bits per heavy atom. The summed E-state index contributed by atoms with van der Waals surface area (Å²) in [6.07, 6.45) is 1.75. The zero-order chi connectivity index (χ0) is 15.1. The molecule has 0 radical (unpaired) electrons. The van der Waals surface area contributed by atoms with Crippen molar-refractivity contribution >= 4 is 31.9 Å². The second-order valence-electron chi connectivity index (χ2n) is 5.11. The van der Waals surface area contributed by atoms with E-state index in [-0.39, 0.29) is 27.0 Å². The topological polar surface area (TPSA) is 74.7 Å². The zero-order valence-electron chi connectivity index (χ0n) is 11.2. The van der Waals surface area contributed by atoms with Crippen LogP contribution in [0.5, 0.6) is 0 Å². The van der Waals surface area contributed by atoms with Crippen molar-refractivity contribution in [2.75, 3.05) is 0 Å². The third-order valence-electron chi connectivity index (χ3n) is 3.15. The average molecular weight is 362 g/mol. The number of hydrogen-bond acceptors (Lipinski definition) is 3. The van der Waals surface area contributed by atoms with E-state index in [0.29, 0.717) is 0 Å². The van der Waals surface area contributed by atoms with Gasteiger partial charge in [-0.25, -0.2) is 13.2 Å². The molecule has 7 heteroatoms. The van der Waals surface area contributed by atoms with Crippen LogP contribution in [0.1, 0.15) is 37.0 Å². The molecule has 1 aromatic rings. The van der Waals surface area contributed by atoms with Crippen LogP contribution in [0.4, 0.5) is 0 Å². The molecule has 1 saturated carbocycles. The summed E-state index contributed by atoms with van der Waals surface area (Å²) >= 11 is 3.17. The van der Waals surface area contributed by atoms with Gasteiger partial charge < -0.3 is 5.11 Å². The van der Waals surface area contributed by atoms with Crippen molar-refractivity contribution in [3.05, 3.63) is 28.2 Å². The van der Waals surface area contributed by atoms with Crippen LogP contribution >= 0.6 is 15.9 Å². The predicted molar refractivity (Wildman–Crippen MR) is 78.3 cm³/mol. The highest BCUT2D eigenvalue weighted by Crippen LogP contribution is 2.36. The van der Waals surface area contributed by atoms with Crippen molar-refractivity contribution in [2.24, 2.45) is 0 Å². The summed E-state index contributed by atoms with van der Waals surface area (Å²) in [5.41, 5.74) is 0.0540. The number of sulfonamides is 1. The zero-order valence-corrected chi connectivity index (χ0v) is 13.6. The molecule has 0 amide bonds. The molecule has 2 rings (SSSR count). The van der Waals surface area contributed by atoms with Gasteiger partial charge in [-0.05, 0) is 60.8 Å². The monoisotopic (exact) mass is 361 g/mol. The minimum Gasteiger partial charge on any atom is -0.478 e. The fraction of sp³-hybridized carbons (Fsp3) is 0.462. The van der Waals surface area contributed by atoms with Crippen LogP contribution in [0, 0.1) is 0 Å². The number of carboxylic acid groups (broad SMARTS) is 1. The summed E-state index contributed by atoms with van der Waals surface area (Å²) in [4.78, 5) is 11.0. The van der Waals surface area contributed by atoms with Crippen molar-refractivity contribution in [3.8, 4) is 0 Å². The highest BCUT2D eigenvalue weighted by molar-refractivity contribution is 9.10. The number of benzene rings is 1. The number of carboxylic acids is 1. The quantitative estimate of drug-likeness (QED) is 0.874. The van der Waals surface area contributed by atoms with Crippen molar-refractivity contribution in [1.29, 1.82) is 0 Å². The standard InChI is InChI=1S/C13H16BrNO4S/c1-8(2)15(10-4-5-10)20(18,19)12-6-3-9(13(16)17)7-11(12)14/h3,6-8,10H,4-5H2,1-2H3,(H,16,17). The molecule has 1 N–H and O–H groups in total. The van der Waals surface area contributed by atoms with Gasteiger partial charge in [0.05, 0.1) is 10.5 Å². The molecule has 0 bridgehead atoms. The van der Waals surface area contributed by atoms with Crippen LogP contribution in [0.2, 0.25) is 0 Å². The highest BCUT2D eigenvalue weighted by Gasteiger charge is 2.40. The summed E-state index contributed by atoms with van der Waals surface area (Å²) in [6.45, 7) is 3.69. The molecule has 0 atom stereocenters. The molecule has 0 spiro atoms. The lowest BCUT2D eigenvalue weighted by Crippen LogP contribution is -2.38. The minimum absolute atomic E-state index is 0.0540. The smallest absolute Gasteiger partial charge is 0.335 e. The second kappa shape index (κ2) is 5.46. The number of rotatable bonds is 5. The van der Waals surface area contributed by atoms with Gasteiger partial charge in [-0.2, -0.15) is 4.31 Å². The SMILES string of the molecule is CC(C)N(C1CC1)S(=O)(=O)c1ccc(C(=O)O)cc1Br. The first-order valence-electron chi connectivity index (χ1n) is 6.31. The molecule has 1 aliphatic carbocycles. The summed E-state index contributed by atoms with van der Waals surface area (Å²) in [5.74, 6) is -1.09. The minimum atomic E-state index is -3.62. The van der Waals surface area contributed by atoms with Gasteiger partial charge in [0.2, 0.25) is 10.0 Å². The van der Waals surface area contributed by atoms with Crippen LogP contribution in [0.25, 0.3) is 0 Å². The van der Waals surface area contributed by atoms with Gasteiger partial charge in [0, 0.05) is 16.6 Å². The predicted octanol–water partition coefficient (Wildman–Crippen LogP) is 2.71. The Morgan fingerprint density at radius 2 is 2.00 bits per heavy atom. The molecule has 20 heavy (non-hydrogen) atoms. The Balaban J connectivity index is 2.46. The Morgan fingerprint density at radius 1 is 1.40 bits per heavy atom. The molecule has 0 aliphatic heterocycles. The van der Waals surface area contributed by atoms with E-state index in [4.69, 9.17) is 5.11 Å². The first-order valence-corrected chi connectivity index (χ1v) is 8.55. The number of hydrogen-bond donors (Lipinski definition) is 1. The first kappa shape index (κ1) is 15.5. The van der Waals surface area contributed by atoms with E-state index in [1.54, 1.807) is 0 Å². The Hall–Kier alpha value is -0.920. The van der Waals surface area contributed by atoms with Crippen LogP contribution in [0.15, 0.2) is 27.6 Å². The summed E-state index contributed by atoms with van der Waals surface area (Å²) in [5, 5.41) is 8.92. The number of halogens is 1. The molecule has 0 unspecified atom stereocenters. The van der Waals surface area contributed by atoms with Crippen LogP contribution in [0.3, 0.4) is 0 Å². The lowest BCUT2D eigenvalue weighted by atomic mass is 10.2. The van der Waals surface area contributed by atoms with Gasteiger partial charge in [0.1, 0.15) is 0 Å². The van der Waals surface area contributed by atoms with Crippen molar-refractivity contribution < 1.29 is 18.3 Å². The maximum Gasteiger partial charge on any atom is 0.335 e. The van der Waals surface area contributed by atoms with Crippen molar-refractivity contribution in [3.63, 3.8) is 0 Å². The summed E-state index contributed by atoms with van der Waals surface area (Å²) < 4.78 is 27.2. The van der Waals surface area contributed by atoms with E-state index in [1.807, 2.05) is 13.8 Å². The van der Waals surface area contributed by atoms with E-state index in [1.165, 1.54) is 22.5 Å².